The molecule has 0 spiro atoms. The van der Waals surface area contributed by atoms with Crippen molar-refractivity contribution in [2.75, 3.05) is 7.05 Å². The van der Waals surface area contributed by atoms with Crippen LogP contribution in [-0.2, 0) is 0 Å². The molecule has 8 heteroatoms. The maximum Gasteiger partial charge on any atom is 0.271 e. The van der Waals surface area contributed by atoms with Gasteiger partial charge in [0.15, 0.2) is 17.2 Å². The fourth-order valence-electron chi connectivity index (χ4n) is 1.79. The van der Waals surface area contributed by atoms with Gasteiger partial charge in [-0.15, -0.1) is 0 Å². The molecule has 3 heterocycles. The fraction of sp³-hybridized carbons (Fsp3) is 0.182. The van der Waals surface area contributed by atoms with E-state index in [-0.39, 0.29) is 5.91 Å². The second kappa shape index (κ2) is 4.16. The van der Waals surface area contributed by atoms with Crippen LogP contribution in [0, 0.1) is 6.92 Å². The van der Waals surface area contributed by atoms with Crippen LogP contribution in [0.2, 0.25) is 0 Å². The van der Waals surface area contributed by atoms with Gasteiger partial charge >= 0.3 is 0 Å². The zero-order chi connectivity index (χ0) is 13.4. The van der Waals surface area contributed by atoms with Crippen LogP contribution in [0.15, 0.2) is 18.5 Å². The standard InChI is InChI=1S/C11H11N7O/c1-6-14-9-7(5-13-16-9)10(15-6)18-4-3-8(17-18)11(19)12-2/h3-5H,1-2H3,(H,12,19)(H,13,14,15,16). The molecule has 96 valence electrons. The van der Waals surface area contributed by atoms with Crippen molar-refractivity contribution in [2.45, 2.75) is 6.92 Å². The van der Waals surface area contributed by atoms with Gasteiger partial charge < -0.3 is 5.32 Å². The molecule has 0 aromatic carbocycles. The minimum Gasteiger partial charge on any atom is -0.354 e. The highest BCUT2D eigenvalue weighted by Gasteiger charge is 2.13. The normalized spacial score (nSPS) is 10.8. The molecule has 3 aromatic rings. The van der Waals surface area contributed by atoms with Gasteiger partial charge in [-0.1, -0.05) is 0 Å². The van der Waals surface area contributed by atoms with E-state index in [1.54, 1.807) is 32.4 Å². The smallest absolute Gasteiger partial charge is 0.271 e. The second-order valence-electron chi connectivity index (χ2n) is 3.95. The van der Waals surface area contributed by atoms with E-state index in [1.165, 1.54) is 4.68 Å². The summed E-state index contributed by atoms with van der Waals surface area (Å²) in [7, 11) is 1.56. The van der Waals surface area contributed by atoms with Gasteiger partial charge in [-0.25, -0.2) is 14.6 Å². The quantitative estimate of drug-likeness (QED) is 0.683. The summed E-state index contributed by atoms with van der Waals surface area (Å²) in [5.41, 5.74) is 0.968. The molecule has 2 N–H and O–H groups in total. The molecule has 0 radical (unpaired) electrons. The van der Waals surface area contributed by atoms with Crippen molar-refractivity contribution >= 4 is 16.9 Å². The number of carbonyl (C=O) groups excluding carboxylic acids is 1. The number of hydrogen-bond donors (Lipinski definition) is 2. The van der Waals surface area contributed by atoms with Crippen LogP contribution in [0.1, 0.15) is 16.3 Å². The predicted octanol–water partition coefficient (Wildman–Crippen LogP) is 0.207. The molecule has 3 rings (SSSR count). The van der Waals surface area contributed by atoms with E-state index in [0.29, 0.717) is 23.0 Å². The highest BCUT2D eigenvalue weighted by molar-refractivity contribution is 5.92. The molecule has 0 saturated heterocycles. The molecule has 19 heavy (non-hydrogen) atoms. The molecule has 0 atom stereocenters. The first-order valence-electron chi connectivity index (χ1n) is 5.65. The van der Waals surface area contributed by atoms with Crippen molar-refractivity contribution in [1.29, 1.82) is 0 Å². The topological polar surface area (TPSA) is 101 Å². The van der Waals surface area contributed by atoms with Gasteiger partial charge in [-0.2, -0.15) is 10.2 Å². The van der Waals surface area contributed by atoms with Crippen LogP contribution in [-0.4, -0.2) is 42.9 Å². The van der Waals surface area contributed by atoms with Gasteiger partial charge in [0.25, 0.3) is 5.91 Å². The number of fused-ring (bicyclic) bond motifs is 1. The summed E-state index contributed by atoms with van der Waals surface area (Å²) in [6, 6.07) is 1.63. The van der Waals surface area contributed by atoms with Crippen LogP contribution < -0.4 is 5.32 Å². The molecular weight excluding hydrogens is 246 g/mol. The minimum absolute atomic E-state index is 0.243. The summed E-state index contributed by atoms with van der Waals surface area (Å²) in [6.07, 6.45) is 3.31. The Balaban J connectivity index is 2.16. The number of aromatic amines is 1. The number of aromatic nitrogens is 6. The van der Waals surface area contributed by atoms with E-state index in [9.17, 15) is 4.79 Å². The third-order valence-electron chi connectivity index (χ3n) is 2.67. The first kappa shape index (κ1) is 11.3. The third-order valence-corrected chi connectivity index (χ3v) is 2.67. The van der Waals surface area contributed by atoms with Crippen molar-refractivity contribution in [3.05, 3.63) is 30.0 Å². The maximum atomic E-state index is 11.5. The minimum atomic E-state index is -0.243. The van der Waals surface area contributed by atoms with E-state index < -0.39 is 0 Å². The first-order chi connectivity index (χ1) is 9.19. The van der Waals surface area contributed by atoms with Crippen LogP contribution in [0.4, 0.5) is 0 Å². The molecule has 8 nitrogen and oxygen atoms in total. The fourth-order valence-corrected chi connectivity index (χ4v) is 1.79. The van der Waals surface area contributed by atoms with E-state index in [0.717, 1.165) is 5.39 Å². The van der Waals surface area contributed by atoms with Crippen molar-refractivity contribution in [1.82, 2.24) is 35.3 Å². The van der Waals surface area contributed by atoms with Gasteiger partial charge in [0, 0.05) is 13.2 Å². The van der Waals surface area contributed by atoms with E-state index in [1.807, 2.05) is 0 Å². The van der Waals surface area contributed by atoms with Crippen LogP contribution in [0.25, 0.3) is 16.9 Å². The molecular formula is C11H11N7O. The Morgan fingerprint density at radius 1 is 1.42 bits per heavy atom. The van der Waals surface area contributed by atoms with Gasteiger partial charge in [0.2, 0.25) is 0 Å². The van der Waals surface area contributed by atoms with Gasteiger partial charge in [0.1, 0.15) is 5.82 Å². The van der Waals surface area contributed by atoms with Crippen molar-refractivity contribution in [3.8, 4) is 5.82 Å². The number of nitrogens with one attached hydrogen (secondary N) is 2. The molecule has 0 fully saturated rings. The average molecular weight is 257 g/mol. The summed E-state index contributed by atoms with van der Waals surface area (Å²) in [5, 5.41) is 14.2. The molecule has 0 saturated carbocycles. The highest BCUT2D eigenvalue weighted by Crippen LogP contribution is 2.16. The Hall–Kier alpha value is -2.77. The Morgan fingerprint density at radius 3 is 3.05 bits per heavy atom. The molecule has 0 aliphatic rings. The lowest BCUT2D eigenvalue weighted by Gasteiger charge is -2.02. The zero-order valence-electron chi connectivity index (χ0n) is 10.4. The van der Waals surface area contributed by atoms with Crippen LogP contribution in [0.3, 0.4) is 0 Å². The third kappa shape index (κ3) is 1.82. The highest BCUT2D eigenvalue weighted by atomic mass is 16.1. The van der Waals surface area contributed by atoms with E-state index >= 15 is 0 Å². The largest absolute Gasteiger partial charge is 0.354 e. The molecule has 1 amide bonds. The Labute approximate surface area is 107 Å². The Kier molecular flexibility index (Phi) is 2.48. The molecule has 0 unspecified atom stereocenters. The summed E-state index contributed by atoms with van der Waals surface area (Å²) < 4.78 is 1.54. The Bertz CT molecular complexity index is 757. The van der Waals surface area contributed by atoms with Gasteiger partial charge in [0.05, 0.1) is 11.6 Å². The van der Waals surface area contributed by atoms with Gasteiger partial charge in [-0.3, -0.25) is 9.89 Å². The van der Waals surface area contributed by atoms with Crippen molar-refractivity contribution in [2.24, 2.45) is 0 Å². The number of rotatable bonds is 2. The summed E-state index contributed by atoms with van der Waals surface area (Å²) in [5.74, 6) is 0.947. The van der Waals surface area contributed by atoms with Crippen molar-refractivity contribution < 1.29 is 4.79 Å². The predicted molar refractivity (Wildman–Crippen MR) is 66.9 cm³/mol. The number of hydrogen-bond acceptors (Lipinski definition) is 5. The molecule has 0 aliphatic carbocycles. The zero-order valence-corrected chi connectivity index (χ0v) is 10.4. The lowest BCUT2D eigenvalue weighted by molar-refractivity contribution is 0.0957. The first-order valence-corrected chi connectivity index (χ1v) is 5.65. The number of H-pyrrole nitrogens is 1. The number of carbonyl (C=O) groups is 1. The second-order valence-corrected chi connectivity index (χ2v) is 3.95. The Morgan fingerprint density at radius 2 is 2.26 bits per heavy atom. The summed E-state index contributed by atoms with van der Waals surface area (Å²) in [4.78, 5) is 20.1. The van der Waals surface area contributed by atoms with E-state index in [4.69, 9.17) is 0 Å². The molecule has 0 aliphatic heterocycles. The number of nitrogens with zero attached hydrogens (tertiary/aromatic N) is 5. The molecule has 3 aromatic heterocycles. The van der Waals surface area contributed by atoms with Crippen LogP contribution >= 0.6 is 0 Å². The van der Waals surface area contributed by atoms with Gasteiger partial charge in [-0.05, 0) is 13.0 Å². The number of aryl methyl sites for hydroxylation is 1. The average Bonchev–Trinajstić information content (AvgIpc) is 3.05. The maximum absolute atomic E-state index is 11.5. The van der Waals surface area contributed by atoms with E-state index in [2.05, 4.69) is 30.6 Å². The lowest BCUT2D eigenvalue weighted by atomic mass is 10.4. The van der Waals surface area contributed by atoms with Crippen LogP contribution in [0.5, 0.6) is 0 Å². The van der Waals surface area contributed by atoms with Crippen molar-refractivity contribution in [3.63, 3.8) is 0 Å². The lowest BCUT2D eigenvalue weighted by Crippen LogP contribution is -2.18. The number of amides is 1. The monoisotopic (exact) mass is 257 g/mol. The summed E-state index contributed by atoms with van der Waals surface area (Å²) in [6.45, 7) is 1.78. The summed E-state index contributed by atoms with van der Waals surface area (Å²) >= 11 is 0. The SMILES string of the molecule is CNC(=O)c1ccn(-c2nc(C)nc3[nH]ncc23)n1. The molecule has 0 bridgehead atoms.